The molecule has 3 heteroatoms. The molecule has 1 unspecified atom stereocenters. The van der Waals surface area contributed by atoms with Gasteiger partial charge in [0.25, 0.3) is 0 Å². The molecule has 5 rings (SSSR count). The molecule has 0 bridgehead atoms. The van der Waals surface area contributed by atoms with Gasteiger partial charge in [-0.15, -0.1) is 12.3 Å². The second-order valence-electron chi connectivity index (χ2n) is 8.01. The number of benzene rings is 4. The van der Waals surface area contributed by atoms with Gasteiger partial charge in [0.15, 0.2) is 6.10 Å². The fourth-order valence-electron chi connectivity index (χ4n) is 4.43. The average Bonchev–Trinajstić information content (AvgIpc) is 3.40. The van der Waals surface area contributed by atoms with E-state index in [-0.39, 0.29) is 12.4 Å². The molecule has 0 aliphatic rings. The van der Waals surface area contributed by atoms with Crippen molar-refractivity contribution in [3.05, 3.63) is 121 Å². The summed E-state index contributed by atoms with van der Waals surface area (Å²) in [6, 6.07) is 31.7. The average molecular weight is 430 g/mol. The number of carbonyl (C=O) groups is 1. The van der Waals surface area contributed by atoms with Crippen molar-refractivity contribution in [2.75, 3.05) is 0 Å². The maximum atomic E-state index is 13.5. The van der Waals surface area contributed by atoms with E-state index < -0.39 is 12.1 Å². The summed E-state index contributed by atoms with van der Waals surface area (Å²) in [7, 11) is 0. The van der Waals surface area contributed by atoms with Crippen LogP contribution in [0.4, 0.5) is 0 Å². The number of ether oxygens (including phenoxy) is 1. The van der Waals surface area contributed by atoms with Crippen molar-refractivity contribution in [1.82, 2.24) is 4.57 Å². The van der Waals surface area contributed by atoms with Crippen LogP contribution in [0.3, 0.4) is 0 Å². The molecule has 0 aliphatic heterocycles. The lowest BCUT2D eigenvalue weighted by molar-refractivity contribution is -0.151. The zero-order valence-electron chi connectivity index (χ0n) is 18.1. The first-order chi connectivity index (χ1) is 16.3. The minimum Gasteiger partial charge on any atom is -0.451 e. The third-order valence-electron chi connectivity index (χ3n) is 6.02. The summed E-state index contributed by atoms with van der Waals surface area (Å²) in [6.07, 6.45) is 8.96. The highest BCUT2D eigenvalue weighted by Crippen LogP contribution is 2.36. The molecule has 33 heavy (non-hydrogen) atoms. The SMILES string of the molecule is C#CCC(C(=O)OC(c1cccc2ccccc12)c1cccc2ccccc12)n1cccc1. The van der Waals surface area contributed by atoms with Gasteiger partial charge in [0.2, 0.25) is 0 Å². The molecule has 0 saturated heterocycles. The highest BCUT2D eigenvalue weighted by Gasteiger charge is 2.28. The van der Waals surface area contributed by atoms with Gasteiger partial charge < -0.3 is 9.30 Å². The molecule has 1 heterocycles. The van der Waals surface area contributed by atoms with Crippen LogP contribution in [-0.2, 0) is 9.53 Å². The van der Waals surface area contributed by atoms with Crippen molar-refractivity contribution < 1.29 is 9.53 Å². The molecule has 0 radical (unpaired) electrons. The number of hydrogen-bond acceptors (Lipinski definition) is 2. The highest BCUT2D eigenvalue weighted by atomic mass is 16.5. The Morgan fingerprint density at radius 1 is 0.758 bits per heavy atom. The molecule has 1 atom stereocenters. The van der Waals surface area contributed by atoms with E-state index in [9.17, 15) is 4.79 Å². The van der Waals surface area contributed by atoms with Gasteiger partial charge in [0, 0.05) is 29.9 Å². The Kier molecular flexibility index (Phi) is 5.66. The van der Waals surface area contributed by atoms with E-state index in [2.05, 4.69) is 42.3 Å². The van der Waals surface area contributed by atoms with E-state index in [1.165, 1.54) is 0 Å². The van der Waals surface area contributed by atoms with Crippen molar-refractivity contribution >= 4 is 27.5 Å². The molecule has 0 N–H and O–H groups in total. The molecule has 0 aliphatic carbocycles. The smallest absolute Gasteiger partial charge is 0.331 e. The molecule has 0 fully saturated rings. The Balaban J connectivity index is 1.66. The van der Waals surface area contributed by atoms with Crippen LogP contribution in [0.25, 0.3) is 21.5 Å². The molecular formula is C30H23NO2. The minimum atomic E-state index is -0.586. The predicted octanol–water partition coefficient (Wildman–Crippen LogP) is 6.69. The first kappa shape index (κ1) is 20.6. The molecule has 1 aromatic heterocycles. The van der Waals surface area contributed by atoms with Crippen molar-refractivity contribution in [1.29, 1.82) is 0 Å². The van der Waals surface area contributed by atoms with Gasteiger partial charge >= 0.3 is 5.97 Å². The van der Waals surface area contributed by atoms with Gasteiger partial charge in [-0.05, 0) is 33.7 Å². The number of aromatic nitrogens is 1. The zero-order chi connectivity index (χ0) is 22.6. The van der Waals surface area contributed by atoms with Gasteiger partial charge in [-0.1, -0.05) is 84.9 Å². The summed E-state index contributed by atoms with van der Waals surface area (Å²) < 4.78 is 8.13. The van der Waals surface area contributed by atoms with Crippen LogP contribution in [-0.4, -0.2) is 10.5 Å². The fourth-order valence-corrected chi connectivity index (χ4v) is 4.43. The fraction of sp³-hybridized carbons (Fsp3) is 0.100. The monoisotopic (exact) mass is 429 g/mol. The number of terminal acetylenes is 1. The molecule has 5 aromatic rings. The van der Waals surface area contributed by atoms with Crippen molar-refractivity contribution in [3.63, 3.8) is 0 Å². The van der Waals surface area contributed by atoms with Gasteiger partial charge in [0.05, 0.1) is 0 Å². The lowest BCUT2D eigenvalue weighted by Crippen LogP contribution is -2.23. The second kappa shape index (κ2) is 9.06. The Labute approximate surface area is 193 Å². The number of fused-ring (bicyclic) bond motifs is 2. The Bertz CT molecular complexity index is 1370. The van der Waals surface area contributed by atoms with E-state index >= 15 is 0 Å². The van der Waals surface area contributed by atoms with Crippen molar-refractivity contribution in [2.24, 2.45) is 0 Å². The van der Waals surface area contributed by atoms with E-state index in [4.69, 9.17) is 11.2 Å². The van der Waals surface area contributed by atoms with Gasteiger partial charge in [-0.25, -0.2) is 4.79 Å². The largest absolute Gasteiger partial charge is 0.451 e. The topological polar surface area (TPSA) is 31.2 Å². The highest BCUT2D eigenvalue weighted by molar-refractivity contribution is 5.90. The summed E-state index contributed by atoms with van der Waals surface area (Å²) >= 11 is 0. The van der Waals surface area contributed by atoms with E-state index in [0.29, 0.717) is 0 Å². The molecule has 0 spiro atoms. The number of carbonyl (C=O) groups excluding carboxylic acids is 1. The minimum absolute atomic E-state index is 0.255. The predicted molar refractivity (Wildman–Crippen MR) is 133 cm³/mol. The second-order valence-corrected chi connectivity index (χ2v) is 8.01. The zero-order valence-corrected chi connectivity index (χ0v) is 18.1. The van der Waals surface area contributed by atoms with Crippen LogP contribution < -0.4 is 0 Å². The van der Waals surface area contributed by atoms with Gasteiger partial charge in [0.1, 0.15) is 6.04 Å². The van der Waals surface area contributed by atoms with E-state index in [1.807, 2.05) is 77.6 Å². The molecule has 160 valence electrons. The Morgan fingerprint density at radius 2 is 1.27 bits per heavy atom. The van der Waals surface area contributed by atoms with Crippen molar-refractivity contribution in [3.8, 4) is 12.3 Å². The maximum absolute atomic E-state index is 13.5. The molecular weight excluding hydrogens is 406 g/mol. The number of rotatable bonds is 6. The Morgan fingerprint density at radius 3 is 1.82 bits per heavy atom. The van der Waals surface area contributed by atoms with E-state index in [0.717, 1.165) is 32.7 Å². The summed E-state index contributed by atoms with van der Waals surface area (Å²) in [4.78, 5) is 13.5. The summed E-state index contributed by atoms with van der Waals surface area (Å²) in [5, 5.41) is 4.31. The third-order valence-corrected chi connectivity index (χ3v) is 6.02. The first-order valence-corrected chi connectivity index (χ1v) is 11.0. The number of hydrogen-bond donors (Lipinski definition) is 0. The van der Waals surface area contributed by atoms with Gasteiger partial charge in [-0.3, -0.25) is 0 Å². The van der Waals surface area contributed by atoms with Crippen molar-refractivity contribution in [2.45, 2.75) is 18.6 Å². The van der Waals surface area contributed by atoms with Crippen LogP contribution in [0.15, 0.2) is 109 Å². The number of esters is 1. The van der Waals surface area contributed by atoms with Gasteiger partial charge in [-0.2, -0.15) is 0 Å². The van der Waals surface area contributed by atoms with E-state index in [1.54, 1.807) is 0 Å². The molecule has 0 saturated carbocycles. The van der Waals surface area contributed by atoms with Crippen LogP contribution in [0.1, 0.15) is 29.7 Å². The first-order valence-electron chi connectivity index (χ1n) is 11.0. The van der Waals surface area contributed by atoms with Crippen LogP contribution >= 0.6 is 0 Å². The third kappa shape index (κ3) is 4.00. The van der Waals surface area contributed by atoms with Crippen LogP contribution in [0, 0.1) is 12.3 Å². The molecule has 0 amide bonds. The lowest BCUT2D eigenvalue weighted by atomic mass is 9.92. The summed E-state index contributed by atoms with van der Waals surface area (Å²) in [6.45, 7) is 0. The molecule has 4 aromatic carbocycles. The maximum Gasteiger partial charge on any atom is 0.331 e. The summed E-state index contributed by atoms with van der Waals surface area (Å²) in [5.74, 6) is 2.28. The normalized spacial score (nSPS) is 12.0. The lowest BCUT2D eigenvalue weighted by Gasteiger charge is -2.25. The molecule has 3 nitrogen and oxygen atoms in total. The Hall–Kier alpha value is -4.29. The standard InChI is InChI=1S/C30H23NO2/c1-2-11-28(31-20-7-8-21-31)30(32)33-29(26-18-9-14-22-12-3-5-16-24(22)26)27-19-10-15-23-13-4-6-17-25(23)27/h1,3-10,12-21,28-29H,11H2. The summed E-state index contributed by atoms with van der Waals surface area (Å²) in [5.41, 5.74) is 1.90. The van der Waals surface area contributed by atoms with Crippen LogP contribution in [0.2, 0.25) is 0 Å². The number of nitrogens with zero attached hydrogens (tertiary/aromatic N) is 1. The quantitative estimate of drug-likeness (QED) is 0.222. The van der Waals surface area contributed by atoms with Crippen LogP contribution in [0.5, 0.6) is 0 Å².